The highest BCUT2D eigenvalue weighted by Crippen LogP contribution is 2.17. The first kappa shape index (κ1) is 14.7. The van der Waals surface area contributed by atoms with E-state index in [0.29, 0.717) is 4.90 Å². The molecule has 1 N–H and O–H groups in total. The Balaban J connectivity index is 4.06. The van der Waals surface area contributed by atoms with Crippen LogP contribution < -0.4 is 0 Å². The minimum Gasteiger partial charge on any atom is -0.481 e. The summed E-state index contributed by atoms with van der Waals surface area (Å²) in [5, 5.41) is 8.30. The molecule has 0 aliphatic rings. The quantitative estimate of drug-likeness (QED) is 0.769. The lowest BCUT2D eigenvalue weighted by molar-refractivity contribution is -0.161. The summed E-state index contributed by atoms with van der Waals surface area (Å²) in [7, 11) is 0. The molecule has 7 heteroatoms. The molecule has 0 aromatic carbocycles. The van der Waals surface area contributed by atoms with Gasteiger partial charge in [0.25, 0.3) is 0 Å². The molecule has 0 saturated heterocycles. The van der Waals surface area contributed by atoms with Gasteiger partial charge in [-0.2, -0.15) is 13.2 Å². The van der Waals surface area contributed by atoms with Gasteiger partial charge in [0.1, 0.15) is 6.54 Å². The summed E-state index contributed by atoms with van der Waals surface area (Å²) in [5.74, 6) is -1.73. The van der Waals surface area contributed by atoms with Crippen LogP contribution in [0.3, 0.4) is 0 Å². The Labute approximate surface area is 91.0 Å². The van der Waals surface area contributed by atoms with Gasteiger partial charge >= 0.3 is 12.1 Å². The molecule has 0 radical (unpaired) electrons. The van der Waals surface area contributed by atoms with E-state index in [9.17, 15) is 22.8 Å². The van der Waals surface area contributed by atoms with Crippen LogP contribution in [0.2, 0.25) is 0 Å². The Hall–Kier alpha value is -1.27. The van der Waals surface area contributed by atoms with Gasteiger partial charge in [-0.15, -0.1) is 0 Å². The van der Waals surface area contributed by atoms with Gasteiger partial charge in [-0.1, -0.05) is 0 Å². The number of carboxylic acid groups (broad SMARTS) is 1. The molecule has 0 spiro atoms. The van der Waals surface area contributed by atoms with Gasteiger partial charge in [0.15, 0.2) is 0 Å². The Bertz CT molecular complexity index is 253. The number of rotatable bonds is 6. The van der Waals surface area contributed by atoms with Crippen LogP contribution in [0.1, 0.15) is 26.2 Å². The van der Waals surface area contributed by atoms with E-state index in [2.05, 4.69) is 0 Å². The maximum absolute atomic E-state index is 12.0. The molecule has 0 aliphatic carbocycles. The van der Waals surface area contributed by atoms with Crippen molar-refractivity contribution in [2.45, 2.75) is 32.4 Å². The summed E-state index contributed by atoms with van der Waals surface area (Å²) >= 11 is 0. The van der Waals surface area contributed by atoms with E-state index in [4.69, 9.17) is 5.11 Å². The Morgan fingerprint density at radius 2 is 1.81 bits per heavy atom. The number of carbonyl (C=O) groups excluding carboxylic acids is 1. The zero-order chi connectivity index (χ0) is 12.8. The Kier molecular flexibility index (Phi) is 5.84. The van der Waals surface area contributed by atoms with Crippen LogP contribution in [-0.2, 0) is 9.59 Å². The first-order valence-electron chi connectivity index (χ1n) is 4.82. The summed E-state index contributed by atoms with van der Waals surface area (Å²) in [6.45, 7) is 0.127. The Morgan fingerprint density at radius 3 is 2.19 bits per heavy atom. The van der Waals surface area contributed by atoms with Crippen molar-refractivity contribution in [1.29, 1.82) is 0 Å². The van der Waals surface area contributed by atoms with Gasteiger partial charge in [0.2, 0.25) is 5.91 Å². The van der Waals surface area contributed by atoms with Crippen molar-refractivity contribution in [3.63, 3.8) is 0 Å². The number of hydrogen-bond acceptors (Lipinski definition) is 2. The zero-order valence-corrected chi connectivity index (χ0v) is 8.88. The minimum atomic E-state index is -4.42. The highest BCUT2D eigenvalue weighted by molar-refractivity contribution is 5.77. The fraction of sp³-hybridized carbons (Fsp3) is 0.778. The zero-order valence-electron chi connectivity index (χ0n) is 8.88. The molecular formula is C9H14F3NO3. The maximum Gasteiger partial charge on any atom is 0.406 e. The van der Waals surface area contributed by atoms with Crippen LogP contribution in [0.25, 0.3) is 0 Å². The molecular weight excluding hydrogens is 227 g/mol. The van der Waals surface area contributed by atoms with E-state index in [1.54, 1.807) is 0 Å². The van der Waals surface area contributed by atoms with Crippen LogP contribution >= 0.6 is 0 Å². The highest BCUT2D eigenvalue weighted by atomic mass is 19.4. The van der Waals surface area contributed by atoms with Crippen LogP contribution in [0.15, 0.2) is 0 Å². The van der Waals surface area contributed by atoms with Crippen molar-refractivity contribution < 1.29 is 27.9 Å². The predicted octanol–water partition coefficient (Wildman–Crippen LogP) is 1.65. The number of alkyl halides is 3. The average Bonchev–Trinajstić information content (AvgIpc) is 2.11. The predicted molar refractivity (Wildman–Crippen MR) is 49.8 cm³/mol. The smallest absolute Gasteiger partial charge is 0.406 e. The van der Waals surface area contributed by atoms with Gasteiger partial charge in [-0.05, 0) is 13.3 Å². The molecule has 0 unspecified atom stereocenters. The second-order valence-corrected chi connectivity index (χ2v) is 3.27. The second kappa shape index (κ2) is 6.34. The molecule has 16 heavy (non-hydrogen) atoms. The number of hydrogen-bond donors (Lipinski definition) is 1. The SMILES string of the molecule is CCN(CC(F)(F)F)C(=O)CCCC(=O)O. The summed E-state index contributed by atoms with van der Waals surface area (Å²) in [5.41, 5.74) is 0. The monoisotopic (exact) mass is 241 g/mol. The molecule has 94 valence electrons. The molecule has 0 atom stereocenters. The third kappa shape index (κ3) is 7.08. The molecule has 4 nitrogen and oxygen atoms in total. The molecule has 0 fully saturated rings. The van der Waals surface area contributed by atoms with Crippen LogP contribution in [0, 0.1) is 0 Å². The molecule has 0 aromatic heterocycles. The summed E-state index contributed by atoms with van der Waals surface area (Å²) < 4.78 is 36.0. The number of amides is 1. The van der Waals surface area contributed by atoms with Crippen molar-refractivity contribution in [3.05, 3.63) is 0 Å². The lowest BCUT2D eigenvalue weighted by Gasteiger charge is -2.22. The van der Waals surface area contributed by atoms with E-state index >= 15 is 0 Å². The van der Waals surface area contributed by atoms with Gasteiger partial charge < -0.3 is 10.0 Å². The molecule has 0 bridgehead atoms. The van der Waals surface area contributed by atoms with E-state index in [1.165, 1.54) is 6.92 Å². The van der Waals surface area contributed by atoms with Gasteiger partial charge in [0.05, 0.1) is 0 Å². The van der Waals surface area contributed by atoms with Crippen molar-refractivity contribution in [2.24, 2.45) is 0 Å². The van der Waals surface area contributed by atoms with Crippen LogP contribution in [0.5, 0.6) is 0 Å². The van der Waals surface area contributed by atoms with E-state index < -0.39 is 24.6 Å². The van der Waals surface area contributed by atoms with Crippen molar-refractivity contribution in [3.8, 4) is 0 Å². The van der Waals surface area contributed by atoms with Crippen LogP contribution in [-0.4, -0.2) is 41.1 Å². The first-order valence-corrected chi connectivity index (χ1v) is 4.82. The highest BCUT2D eigenvalue weighted by Gasteiger charge is 2.31. The topological polar surface area (TPSA) is 57.6 Å². The fourth-order valence-electron chi connectivity index (χ4n) is 1.14. The molecule has 1 amide bonds. The number of nitrogens with zero attached hydrogens (tertiary/aromatic N) is 1. The number of carboxylic acids is 1. The summed E-state index contributed by atoms with van der Waals surface area (Å²) in [6.07, 6.45) is -4.74. The molecule has 0 aliphatic heterocycles. The maximum atomic E-state index is 12.0. The largest absolute Gasteiger partial charge is 0.481 e. The third-order valence-electron chi connectivity index (χ3n) is 1.89. The lowest BCUT2D eigenvalue weighted by atomic mass is 10.2. The number of aliphatic carboxylic acids is 1. The minimum absolute atomic E-state index is 0.0363. The number of halogens is 3. The van der Waals surface area contributed by atoms with Gasteiger partial charge in [0, 0.05) is 19.4 Å². The molecule has 0 saturated carbocycles. The first-order chi connectivity index (χ1) is 7.26. The standard InChI is InChI=1S/C9H14F3NO3/c1-2-13(6-9(10,11)12)7(14)4-3-5-8(15)16/h2-6H2,1H3,(H,15,16). The average molecular weight is 241 g/mol. The van der Waals surface area contributed by atoms with Crippen LogP contribution in [0.4, 0.5) is 13.2 Å². The fourth-order valence-corrected chi connectivity index (χ4v) is 1.14. The van der Waals surface area contributed by atoms with Gasteiger partial charge in [-0.3, -0.25) is 9.59 Å². The molecule has 0 rings (SSSR count). The van der Waals surface area contributed by atoms with Crippen molar-refractivity contribution in [2.75, 3.05) is 13.1 Å². The van der Waals surface area contributed by atoms with Gasteiger partial charge in [-0.25, -0.2) is 0 Å². The molecule has 0 heterocycles. The second-order valence-electron chi connectivity index (χ2n) is 3.27. The van der Waals surface area contributed by atoms with E-state index in [0.717, 1.165) is 0 Å². The van der Waals surface area contributed by atoms with E-state index in [1.807, 2.05) is 0 Å². The lowest BCUT2D eigenvalue weighted by Crippen LogP contribution is -2.38. The summed E-state index contributed by atoms with van der Waals surface area (Å²) in [4.78, 5) is 22.1. The number of carbonyl (C=O) groups is 2. The van der Waals surface area contributed by atoms with E-state index in [-0.39, 0.29) is 25.8 Å². The Morgan fingerprint density at radius 1 is 1.25 bits per heavy atom. The van der Waals surface area contributed by atoms with Crippen molar-refractivity contribution in [1.82, 2.24) is 4.90 Å². The third-order valence-corrected chi connectivity index (χ3v) is 1.89. The molecule has 0 aromatic rings. The normalized spacial score (nSPS) is 11.2. The van der Waals surface area contributed by atoms with Crippen molar-refractivity contribution >= 4 is 11.9 Å². The summed E-state index contributed by atoms with van der Waals surface area (Å²) in [6, 6.07) is 0.